The fourth-order valence-corrected chi connectivity index (χ4v) is 1.47. The number of aromatic carboxylic acids is 1. The van der Waals surface area contributed by atoms with E-state index in [1.807, 2.05) is 0 Å². The number of nitrogens with one attached hydrogen (secondary N) is 1. The number of carboxylic acids is 1. The zero-order valence-corrected chi connectivity index (χ0v) is 8.93. The molecule has 0 amide bonds. The topological polar surface area (TPSA) is 54.3 Å². The fourth-order valence-electron chi connectivity index (χ4n) is 1.47. The van der Waals surface area contributed by atoms with Crippen LogP contribution in [0.1, 0.15) is 16.1 Å². The molecular weight excluding hydrogens is 223 g/mol. The van der Waals surface area contributed by atoms with Crippen LogP contribution in [0.25, 0.3) is 0 Å². The molecule has 0 saturated carbocycles. The van der Waals surface area contributed by atoms with Gasteiger partial charge in [-0.25, -0.2) is 9.18 Å². The summed E-state index contributed by atoms with van der Waals surface area (Å²) in [5.41, 5.74) is 3.95. The number of aromatic nitrogens is 1. The lowest BCUT2D eigenvalue weighted by atomic mass is 10.2. The summed E-state index contributed by atoms with van der Waals surface area (Å²) in [5, 5.41) is 8.88. The second-order valence-corrected chi connectivity index (χ2v) is 3.53. The van der Waals surface area contributed by atoms with Crippen LogP contribution in [0.5, 0.6) is 0 Å². The van der Waals surface area contributed by atoms with Gasteiger partial charge in [0.15, 0.2) is 0 Å². The van der Waals surface area contributed by atoms with Crippen molar-refractivity contribution < 1.29 is 14.3 Å². The van der Waals surface area contributed by atoms with Crippen molar-refractivity contribution in [2.45, 2.75) is 6.54 Å². The van der Waals surface area contributed by atoms with Crippen molar-refractivity contribution in [1.29, 1.82) is 0 Å². The molecule has 0 radical (unpaired) electrons. The third-order valence-electron chi connectivity index (χ3n) is 2.33. The van der Waals surface area contributed by atoms with Crippen molar-refractivity contribution in [2.75, 3.05) is 5.43 Å². The molecule has 0 aliphatic rings. The van der Waals surface area contributed by atoms with Gasteiger partial charge in [-0.15, -0.1) is 0 Å². The molecule has 4 nitrogen and oxygen atoms in total. The summed E-state index contributed by atoms with van der Waals surface area (Å²) in [6, 6.07) is 9.16. The maximum absolute atomic E-state index is 12.7. The van der Waals surface area contributed by atoms with Crippen molar-refractivity contribution in [2.24, 2.45) is 0 Å². The standard InChI is InChI=1S/C12H11FN2O2/c13-10-5-3-9(4-6-10)8-14-15-7-1-2-11(15)12(16)17/h1-7,14H,8H2,(H,16,17). The third kappa shape index (κ3) is 2.63. The van der Waals surface area contributed by atoms with Gasteiger partial charge in [0.2, 0.25) is 0 Å². The Kier molecular flexibility index (Phi) is 3.09. The van der Waals surface area contributed by atoms with E-state index in [1.165, 1.54) is 22.9 Å². The monoisotopic (exact) mass is 234 g/mol. The second kappa shape index (κ2) is 4.69. The van der Waals surface area contributed by atoms with Gasteiger partial charge in [-0.1, -0.05) is 12.1 Å². The third-order valence-corrected chi connectivity index (χ3v) is 2.33. The predicted octanol–water partition coefficient (Wildman–Crippen LogP) is 2.07. The minimum absolute atomic E-state index is 0.159. The van der Waals surface area contributed by atoms with Gasteiger partial charge in [0, 0.05) is 6.20 Å². The highest BCUT2D eigenvalue weighted by atomic mass is 19.1. The quantitative estimate of drug-likeness (QED) is 0.851. The maximum Gasteiger partial charge on any atom is 0.354 e. The van der Waals surface area contributed by atoms with E-state index in [4.69, 9.17) is 5.11 Å². The van der Waals surface area contributed by atoms with Crippen molar-refractivity contribution in [1.82, 2.24) is 4.68 Å². The van der Waals surface area contributed by atoms with Gasteiger partial charge < -0.3 is 10.5 Å². The van der Waals surface area contributed by atoms with Crippen LogP contribution < -0.4 is 5.43 Å². The summed E-state index contributed by atoms with van der Waals surface area (Å²) < 4.78 is 14.1. The van der Waals surface area contributed by atoms with Gasteiger partial charge in [0.25, 0.3) is 0 Å². The lowest BCUT2D eigenvalue weighted by Crippen LogP contribution is -2.18. The summed E-state index contributed by atoms with van der Waals surface area (Å²) in [7, 11) is 0. The Morgan fingerprint density at radius 3 is 2.65 bits per heavy atom. The molecule has 88 valence electrons. The maximum atomic E-state index is 12.7. The lowest BCUT2D eigenvalue weighted by Gasteiger charge is -2.09. The van der Waals surface area contributed by atoms with Crippen LogP contribution in [0.2, 0.25) is 0 Å². The number of hydrogen-bond donors (Lipinski definition) is 2. The van der Waals surface area contributed by atoms with Crippen molar-refractivity contribution in [3.8, 4) is 0 Å². The predicted molar refractivity (Wildman–Crippen MR) is 60.9 cm³/mol. The summed E-state index contributed by atoms with van der Waals surface area (Å²) in [5.74, 6) is -1.29. The lowest BCUT2D eigenvalue weighted by molar-refractivity contribution is 0.0687. The highest BCUT2D eigenvalue weighted by molar-refractivity contribution is 5.85. The van der Waals surface area contributed by atoms with Gasteiger partial charge in [-0.2, -0.15) is 0 Å². The van der Waals surface area contributed by atoms with Crippen LogP contribution >= 0.6 is 0 Å². The Morgan fingerprint density at radius 1 is 1.29 bits per heavy atom. The first-order chi connectivity index (χ1) is 8.16. The zero-order valence-electron chi connectivity index (χ0n) is 8.93. The molecule has 0 fully saturated rings. The average molecular weight is 234 g/mol. The van der Waals surface area contributed by atoms with Crippen molar-refractivity contribution in [3.05, 3.63) is 59.7 Å². The first kappa shape index (κ1) is 11.2. The SMILES string of the molecule is O=C(O)c1cccn1NCc1ccc(F)cc1. The van der Waals surface area contributed by atoms with Crippen LogP contribution in [0.3, 0.4) is 0 Å². The number of halogens is 1. The van der Waals surface area contributed by atoms with Gasteiger partial charge in [0.1, 0.15) is 11.5 Å². The summed E-state index contributed by atoms with van der Waals surface area (Å²) in [6.07, 6.45) is 1.62. The van der Waals surface area contributed by atoms with E-state index in [9.17, 15) is 9.18 Å². The Balaban J connectivity index is 2.05. The van der Waals surface area contributed by atoms with E-state index in [0.29, 0.717) is 6.54 Å². The van der Waals surface area contributed by atoms with Crippen LogP contribution in [-0.4, -0.2) is 15.8 Å². The van der Waals surface area contributed by atoms with Crippen LogP contribution in [-0.2, 0) is 6.54 Å². The van der Waals surface area contributed by atoms with Crippen molar-refractivity contribution >= 4 is 5.97 Å². The minimum atomic E-state index is -0.999. The fraction of sp³-hybridized carbons (Fsp3) is 0.0833. The van der Waals surface area contributed by atoms with Crippen LogP contribution in [0.4, 0.5) is 4.39 Å². The number of benzene rings is 1. The van der Waals surface area contributed by atoms with E-state index < -0.39 is 5.97 Å². The zero-order chi connectivity index (χ0) is 12.3. The molecule has 0 aliphatic carbocycles. The van der Waals surface area contributed by atoms with E-state index in [0.717, 1.165) is 5.56 Å². The van der Waals surface area contributed by atoms with Gasteiger partial charge in [-0.3, -0.25) is 4.68 Å². The average Bonchev–Trinajstić information content (AvgIpc) is 2.76. The molecule has 2 N–H and O–H groups in total. The first-order valence-corrected chi connectivity index (χ1v) is 5.06. The number of rotatable bonds is 4. The molecule has 1 aromatic carbocycles. The molecule has 2 aromatic rings. The summed E-state index contributed by atoms with van der Waals surface area (Å²) in [6.45, 7) is 0.426. The highest BCUT2D eigenvalue weighted by Crippen LogP contribution is 2.04. The summed E-state index contributed by atoms with van der Waals surface area (Å²) >= 11 is 0. The molecule has 0 saturated heterocycles. The second-order valence-electron chi connectivity index (χ2n) is 3.53. The Hall–Kier alpha value is -2.30. The smallest absolute Gasteiger partial charge is 0.354 e. The number of nitrogens with zero attached hydrogens (tertiary/aromatic N) is 1. The molecule has 0 spiro atoms. The van der Waals surface area contributed by atoms with Crippen molar-refractivity contribution in [3.63, 3.8) is 0 Å². The molecule has 1 heterocycles. The molecule has 2 rings (SSSR count). The van der Waals surface area contributed by atoms with E-state index in [-0.39, 0.29) is 11.5 Å². The first-order valence-electron chi connectivity index (χ1n) is 5.06. The van der Waals surface area contributed by atoms with E-state index >= 15 is 0 Å². The minimum Gasteiger partial charge on any atom is -0.477 e. The number of hydrogen-bond acceptors (Lipinski definition) is 2. The Bertz CT molecular complexity index is 520. The Morgan fingerprint density at radius 2 is 2.00 bits per heavy atom. The normalized spacial score (nSPS) is 10.2. The van der Waals surface area contributed by atoms with Crippen LogP contribution in [0.15, 0.2) is 42.6 Å². The molecule has 17 heavy (non-hydrogen) atoms. The van der Waals surface area contributed by atoms with Gasteiger partial charge in [0.05, 0.1) is 6.54 Å². The highest BCUT2D eigenvalue weighted by Gasteiger charge is 2.07. The van der Waals surface area contributed by atoms with E-state index in [2.05, 4.69) is 5.43 Å². The molecular formula is C12H11FN2O2. The van der Waals surface area contributed by atoms with Gasteiger partial charge in [-0.05, 0) is 29.8 Å². The van der Waals surface area contributed by atoms with E-state index in [1.54, 1.807) is 24.4 Å². The Labute approximate surface area is 97.3 Å². The molecule has 0 atom stereocenters. The largest absolute Gasteiger partial charge is 0.477 e. The van der Waals surface area contributed by atoms with Gasteiger partial charge >= 0.3 is 5.97 Å². The number of carboxylic acid groups (broad SMARTS) is 1. The van der Waals surface area contributed by atoms with Crippen LogP contribution in [0, 0.1) is 5.82 Å². The molecule has 0 aliphatic heterocycles. The number of carbonyl (C=O) groups is 1. The molecule has 5 heteroatoms. The molecule has 0 bridgehead atoms. The molecule has 0 unspecified atom stereocenters. The summed E-state index contributed by atoms with van der Waals surface area (Å²) in [4.78, 5) is 10.8. The molecule has 1 aromatic heterocycles.